The SMILES string of the molecule is COc1ccc(Cl)c(NC(=O)CSC2CCNCC2)c1. The van der Waals surface area contributed by atoms with Crippen LogP contribution in [-0.2, 0) is 4.79 Å². The van der Waals surface area contributed by atoms with Crippen molar-refractivity contribution in [3.05, 3.63) is 23.2 Å². The Hall–Kier alpha value is -0.910. The molecule has 0 unspecified atom stereocenters. The largest absolute Gasteiger partial charge is 0.497 e. The Morgan fingerprint density at radius 1 is 1.50 bits per heavy atom. The second kappa shape index (κ2) is 7.76. The number of amides is 1. The number of piperidine rings is 1. The molecule has 20 heavy (non-hydrogen) atoms. The molecule has 0 bridgehead atoms. The third kappa shape index (κ3) is 4.58. The maximum absolute atomic E-state index is 12.0. The molecule has 2 N–H and O–H groups in total. The first-order valence-electron chi connectivity index (χ1n) is 6.65. The number of carbonyl (C=O) groups excluding carboxylic acids is 1. The highest BCUT2D eigenvalue weighted by Gasteiger charge is 2.15. The number of benzene rings is 1. The first-order valence-corrected chi connectivity index (χ1v) is 8.07. The van der Waals surface area contributed by atoms with Crippen molar-refractivity contribution in [2.24, 2.45) is 0 Å². The number of carbonyl (C=O) groups is 1. The van der Waals surface area contributed by atoms with Gasteiger partial charge >= 0.3 is 0 Å². The summed E-state index contributed by atoms with van der Waals surface area (Å²) in [7, 11) is 1.59. The van der Waals surface area contributed by atoms with Crippen LogP contribution in [0, 0.1) is 0 Å². The number of halogens is 1. The van der Waals surface area contributed by atoms with Gasteiger partial charge in [-0.1, -0.05) is 11.6 Å². The van der Waals surface area contributed by atoms with E-state index in [1.165, 1.54) is 0 Å². The van der Waals surface area contributed by atoms with Gasteiger partial charge in [0.05, 0.1) is 23.6 Å². The summed E-state index contributed by atoms with van der Waals surface area (Å²) in [5, 5.41) is 7.25. The first kappa shape index (κ1) is 15.5. The summed E-state index contributed by atoms with van der Waals surface area (Å²) < 4.78 is 5.12. The van der Waals surface area contributed by atoms with Crippen LogP contribution in [-0.4, -0.2) is 37.1 Å². The second-order valence-electron chi connectivity index (χ2n) is 4.65. The van der Waals surface area contributed by atoms with E-state index in [1.807, 2.05) is 0 Å². The van der Waals surface area contributed by atoms with Gasteiger partial charge in [0.2, 0.25) is 5.91 Å². The molecule has 1 heterocycles. The van der Waals surface area contributed by atoms with Crippen LogP contribution >= 0.6 is 23.4 Å². The third-order valence-corrected chi connectivity index (χ3v) is 4.89. The Morgan fingerprint density at radius 3 is 2.95 bits per heavy atom. The Morgan fingerprint density at radius 2 is 2.25 bits per heavy atom. The van der Waals surface area contributed by atoms with Gasteiger partial charge in [-0.3, -0.25) is 4.79 Å². The van der Waals surface area contributed by atoms with E-state index in [9.17, 15) is 4.79 Å². The summed E-state index contributed by atoms with van der Waals surface area (Å²) in [5.41, 5.74) is 0.599. The molecule has 0 radical (unpaired) electrons. The molecule has 1 aliphatic heterocycles. The molecule has 0 spiro atoms. The molecule has 1 aromatic carbocycles. The minimum atomic E-state index is -0.0244. The summed E-state index contributed by atoms with van der Waals surface area (Å²) in [5.74, 6) is 1.11. The molecule has 1 aliphatic rings. The lowest BCUT2D eigenvalue weighted by atomic mass is 10.2. The molecular weight excluding hydrogens is 296 g/mol. The fraction of sp³-hybridized carbons (Fsp3) is 0.500. The zero-order valence-electron chi connectivity index (χ0n) is 11.4. The average molecular weight is 315 g/mol. The molecular formula is C14H19ClN2O2S. The average Bonchev–Trinajstić information content (AvgIpc) is 2.48. The van der Waals surface area contributed by atoms with E-state index in [4.69, 9.17) is 16.3 Å². The maximum Gasteiger partial charge on any atom is 0.234 e. The maximum atomic E-state index is 12.0. The van der Waals surface area contributed by atoms with Gasteiger partial charge in [-0.2, -0.15) is 0 Å². The van der Waals surface area contributed by atoms with Gasteiger partial charge in [-0.15, -0.1) is 11.8 Å². The topological polar surface area (TPSA) is 50.4 Å². The van der Waals surface area contributed by atoms with Crippen LogP contribution in [0.4, 0.5) is 5.69 Å². The fourth-order valence-corrected chi connectivity index (χ4v) is 3.26. The molecule has 0 aromatic heterocycles. The normalized spacial score (nSPS) is 15.9. The molecule has 110 valence electrons. The summed E-state index contributed by atoms with van der Waals surface area (Å²) >= 11 is 7.77. The van der Waals surface area contributed by atoms with Gasteiger partial charge in [0, 0.05) is 11.3 Å². The van der Waals surface area contributed by atoms with E-state index in [-0.39, 0.29) is 5.91 Å². The number of rotatable bonds is 5. The number of anilines is 1. The van der Waals surface area contributed by atoms with Crippen LogP contribution in [0.1, 0.15) is 12.8 Å². The third-order valence-electron chi connectivity index (χ3n) is 3.18. The standard InChI is InChI=1S/C14H19ClN2O2S/c1-19-10-2-3-12(15)13(8-10)17-14(18)9-20-11-4-6-16-7-5-11/h2-3,8,11,16H,4-7,9H2,1H3,(H,17,18). The summed E-state index contributed by atoms with van der Waals surface area (Å²) in [6.45, 7) is 2.09. The van der Waals surface area contributed by atoms with Crippen molar-refractivity contribution in [1.82, 2.24) is 5.32 Å². The highest BCUT2D eigenvalue weighted by Crippen LogP contribution is 2.27. The number of hydrogen-bond donors (Lipinski definition) is 2. The predicted molar refractivity (Wildman–Crippen MR) is 85.0 cm³/mol. The lowest BCUT2D eigenvalue weighted by molar-refractivity contribution is -0.113. The number of methoxy groups -OCH3 is 1. The highest BCUT2D eigenvalue weighted by atomic mass is 35.5. The van der Waals surface area contributed by atoms with Gasteiger partial charge < -0.3 is 15.4 Å². The summed E-state index contributed by atoms with van der Waals surface area (Å²) in [4.78, 5) is 12.0. The number of ether oxygens (including phenoxy) is 1. The van der Waals surface area contributed by atoms with E-state index >= 15 is 0 Å². The van der Waals surface area contributed by atoms with Crippen LogP contribution in [0.2, 0.25) is 5.02 Å². The van der Waals surface area contributed by atoms with Gasteiger partial charge in [0.1, 0.15) is 5.75 Å². The molecule has 1 fully saturated rings. The van der Waals surface area contributed by atoms with Crippen LogP contribution in [0.15, 0.2) is 18.2 Å². The van der Waals surface area contributed by atoms with Crippen LogP contribution in [0.5, 0.6) is 5.75 Å². The fourth-order valence-electron chi connectivity index (χ4n) is 2.07. The van der Waals surface area contributed by atoms with E-state index < -0.39 is 0 Å². The van der Waals surface area contributed by atoms with E-state index in [0.29, 0.717) is 27.5 Å². The molecule has 4 nitrogen and oxygen atoms in total. The van der Waals surface area contributed by atoms with Crippen LogP contribution in [0.3, 0.4) is 0 Å². The van der Waals surface area contributed by atoms with Crippen molar-refractivity contribution in [1.29, 1.82) is 0 Å². The summed E-state index contributed by atoms with van der Waals surface area (Å²) in [6, 6.07) is 5.22. The predicted octanol–water partition coefficient (Wildman–Crippen LogP) is 2.77. The van der Waals surface area contributed by atoms with Gasteiger partial charge in [0.25, 0.3) is 0 Å². The highest BCUT2D eigenvalue weighted by molar-refractivity contribution is 8.00. The van der Waals surface area contributed by atoms with Crippen molar-refractivity contribution in [2.75, 3.05) is 31.3 Å². The van der Waals surface area contributed by atoms with Crippen molar-refractivity contribution < 1.29 is 9.53 Å². The van der Waals surface area contributed by atoms with Crippen molar-refractivity contribution in [2.45, 2.75) is 18.1 Å². The van der Waals surface area contributed by atoms with Gasteiger partial charge in [-0.05, 0) is 38.1 Å². The number of thioether (sulfide) groups is 1. The molecule has 0 aliphatic carbocycles. The van der Waals surface area contributed by atoms with Gasteiger partial charge in [-0.25, -0.2) is 0 Å². The van der Waals surface area contributed by atoms with E-state index in [0.717, 1.165) is 25.9 Å². The molecule has 1 aromatic rings. The van der Waals surface area contributed by atoms with Crippen molar-refractivity contribution in [3.8, 4) is 5.75 Å². The first-order chi connectivity index (χ1) is 9.69. The Bertz CT molecular complexity index is 464. The van der Waals surface area contributed by atoms with Crippen molar-refractivity contribution in [3.63, 3.8) is 0 Å². The van der Waals surface area contributed by atoms with Crippen LogP contribution in [0.25, 0.3) is 0 Å². The summed E-state index contributed by atoms with van der Waals surface area (Å²) in [6.07, 6.45) is 2.25. The molecule has 1 amide bonds. The van der Waals surface area contributed by atoms with E-state index in [1.54, 1.807) is 37.1 Å². The minimum Gasteiger partial charge on any atom is -0.497 e. The lowest BCUT2D eigenvalue weighted by Gasteiger charge is -2.21. The quantitative estimate of drug-likeness (QED) is 0.877. The Balaban J connectivity index is 1.84. The zero-order valence-corrected chi connectivity index (χ0v) is 13.0. The Kier molecular flexibility index (Phi) is 6.01. The Labute approximate surface area is 128 Å². The smallest absolute Gasteiger partial charge is 0.234 e. The molecule has 0 atom stereocenters. The molecule has 0 saturated carbocycles. The molecule has 2 rings (SSSR count). The van der Waals surface area contributed by atoms with E-state index in [2.05, 4.69) is 10.6 Å². The zero-order chi connectivity index (χ0) is 14.4. The monoisotopic (exact) mass is 314 g/mol. The number of nitrogens with one attached hydrogen (secondary N) is 2. The molecule has 1 saturated heterocycles. The van der Waals surface area contributed by atoms with Crippen molar-refractivity contribution >= 4 is 35.0 Å². The van der Waals surface area contributed by atoms with Crippen LogP contribution < -0.4 is 15.4 Å². The molecule has 6 heteroatoms. The number of hydrogen-bond acceptors (Lipinski definition) is 4. The lowest BCUT2D eigenvalue weighted by Crippen LogP contribution is -2.30. The minimum absolute atomic E-state index is 0.0244. The van der Waals surface area contributed by atoms with Gasteiger partial charge in [0.15, 0.2) is 0 Å². The second-order valence-corrected chi connectivity index (χ2v) is 6.35.